The lowest BCUT2D eigenvalue weighted by atomic mass is 9.99. The predicted octanol–water partition coefficient (Wildman–Crippen LogP) is -5.40. The van der Waals surface area contributed by atoms with Crippen LogP contribution in [0.3, 0.4) is 0 Å². The molecule has 2 fully saturated rings. The van der Waals surface area contributed by atoms with Crippen LogP contribution in [0.2, 0.25) is 0 Å². The Morgan fingerprint density at radius 2 is 1.39 bits per heavy atom. The van der Waals surface area contributed by atoms with Gasteiger partial charge in [-0.1, -0.05) is 0 Å². The number of ether oxygens (including phenoxy) is 3. The molecule has 0 bridgehead atoms. The summed E-state index contributed by atoms with van der Waals surface area (Å²) >= 11 is 0. The Labute approximate surface area is 130 Å². The molecule has 0 aliphatic carbocycles. The molecule has 0 amide bonds. The van der Waals surface area contributed by atoms with Crippen molar-refractivity contribution in [2.75, 3.05) is 19.8 Å². The van der Waals surface area contributed by atoms with Gasteiger partial charge in [-0.2, -0.15) is 0 Å². The summed E-state index contributed by atoms with van der Waals surface area (Å²) in [6.45, 7) is -2.32. The van der Waals surface area contributed by atoms with Crippen LogP contribution in [0.15, 0.2) is 0 Å². The van der Waals surface area contributed by atoms with Crippen molar-refractivity contribution in [2.24, 2.45) is 0 Å². The second-order valence-corrected chi connectivity index (χ2v) is 5.56. The molecule has 9 atom stereocenters. The Morgan fingerprint density at radius 3 is 1.87 bits per heavy atom. The summed E-state index contributed by atoms with van der Waals surface area (Å²) in [6, 6.07) is 0. The Morgan fingerprint density at radius 1 is 0.783 bits per heavy atom. The standard InChI is InChI=1S/C12H22O11/c13-1-4-6(16)8(18)9(19)11(21-4)23-12(3-15)10(20)7(17)5(2-14)22-12/h4-11,13-20H,1-3H2/t4?,5-,6?,7+,8?,9?,10?,11?,12+/m1/s1. The van der Waals surface area contributed by atoms with Gasteiger partial charge in [0.25, 0.3) is 0 Å². The lowest BCUT2D eigenvalue weighted by molar-refractivity contribution is -0.383. The summed E-state index contributed by atoms with van der Waals surface area (Å²) in [7, 11) is 0. The lowest BCUT2D eigenvalue weighted by Gasteiger charge is -2.43. The molecule has 2 aliphatic heterocycles. The molecule has 6 unspecified atom stereocenters. The van der Waals surface area contributed by atoms with Crippen molar-refractivity contribution in [1.82, 2.24) is 0 Å². The first-order chi connectivity index (χ1) is 10.8. The molecule has 0 aromatic heterocycles. The highest BCUT2D eigenvalue weighted by Gasteiger charge is 2.58. The van der Waals surface area contributed by atoms with E-state index in [1.807, 2.05) is 0 Å². The zero-order valence-electron chi connectivity index (χ0n) is 12.0. The van der Waals surface area contributed by atoms with Crippen molar-refractivity contribution in [3.8, 4) is 0 Å². The molecule has 2 saturated heterocycles. The van der Waals surface area contributed by atoms with E-state index in [0.29, 0.717) is 0 Å². The predicted molar refractivity (Wildman–Crippen MR) is 68.6 cm³/mol. The van der Waals surface area contributed by atoms with Crippen molar-refractivity contribution in [2.45, 2.75) is 54.8 Å². The monoisotopic (exact) mass is 342 g/mol. The maximum atomic E-state index is 10.00. The molecule has 8 N–H and O–H groups in total. The van der Waals surface area contributed by atoms with Gasteiger partial charge in [0.1, 0.15) is 49.3 Å². The summed E-state index contributed by atoms with van der Waals surface area (Å²) in [4.78, 5) is 0. The molecule has 2 aliphatic rings. The Hall–Kier alpha value is -0.440. The maximum absolute atomic E-state index is 10.00. The van der Waals surface area contributed by atoms with Crippen molar-refractivity contribution >= 4 is 0 Å². The number of aliphatic hydroxyl groups is 8. The second kappa shape index (κ2) is 7.21. The molecule has 0 aromatic carbocycles. The summed E-state index contributed by atoms with van der Waals surface area (Å²) < 4.78 is 15.4. The normalized spacial score (nSPS) is 51.1. The van der Waals surface area contributed by atoms with E-state index in [1.165, 1.54) is 0 Å². The van der Waals surface area contributed by atoms with Crippen LogP contribution < -0.4 is 0 Å². The molecule has 11 nitrogen and oxygen atoms in total. The van der Waals surface area contributed by atoms with E-state index >= 15 is 0 Å². The fourth-order valence-corrected chi connectivity index (χ4v) is 2.63. The van der Waals surface area contributed by atoms with Gasteiger partial charge < -0.3 is 55.1 Å². The summed E-state index contributed by atoms with van der Waals surface area (Å²) in [5.41, 5.74) is 0. The number of hydrogen-bond donors (Lipinski definition) is 8. The van der Waals surface area contributed by atoms with Crippen LogP contribution in [0.1, 0.15) is 0 Å². The van der Waals surface area contributed by atoms with E-state index in [1.54, 1.807) is 0 Å². The lowest BCUT2D eigenvalue weighted by Crippen LogP contribution is -2.62. The number of rotatable bonds is 5. The van der Waals surface area contributed by atoms with Crippen LogP contribution in [0, 0.1) is 0 Å². The molecule has 2 heterocycles. The highest BCUT2D eigenvalue weighted by atomic mass is 16.8. The summed E-state index contributed by atoms with van der Waals surface area (Å²) in [5, 5.41) is 76.7. The van der Waals surface area contributed by atoms with Gasteiger partial charge in [-0.3, -0.25) is 0 Å². The molecule has 0 saturated carbocycles. The zero-order valence-corrected chi connectivity index (χ0v) is 12.0. The first-order valence-electron chi connectivity index (χ1n) is 7.05. The first-order valence-corrected chi connectivity index (χ1v) is 7.05. The van der Waals surface area contributed by atoms with Crippen LogP contribution in [0.4, 0.5) is 0 Å². The van der Waals surface area contributed by atoms with Gasteiger partial charge in [-0.05, 0) is 0 Å². The van der Waals surface area contributed by atoms with Crippen LogP contribution >= 0.6 is 0 Å². The Kier molecular flexibility index (Phi) is 5.92. The molecule has 0 radical (unpaired) electrons. The van der Waals surface area contributed by atoms with Crippen LogP contribution in [0.25, 0.3) is 0 Å². The van der Waals surface area contributed by atoms with E-state index in [-0.39, 0.29) is 0 Å². The van der Waals surface area contributed by atoms with Crippen LogP contribution in [-0.2, 0) is 14.2 Å². The van der Waals surface area contributed by atoms with Gasteiger partial charge in [0, 0.05) is 0 Å². The minimum atomic E-state index is -2.22. The minimum Gasteiger partial charge on any atom is -0.394 e. The third-order valence-electron chi connectivity index (χ3n) is 4.07. The number of aliphatic hydroxyl groups excluding tert-OH is 8. The molecule has 0 aromatic rings. The average molecular weight is 342 g/mol. The van der Waals surface area contributed by atoms with Gasteiger partial charge in [0.05, 0.1) is 13.2 Å². The third-order valence-corrected chi connectivity index (χ3v) is 4.07. The molecule has 23 heavy (non-hydrogen) atoms. The maximum Gasteiger partial charge on any atom is 0.224 e. The average Bonchev–Trinajstić information content (AvgIpc) is 2.80. The molecule has 2 rings (SSSR count). The van der Waals surface area contributed by atoms with E-state index in [4.69, 9.17) is 24.4 Å². The summed E-state index contributed by atoms with van der Waals surface area (Å²) in [6.07, 6.45) is -12.7. The highest BCUT2D eigenvalue weighted by molar-refractivity contribution is 4.98. The molecule has 11 heteroatoms. The fourth-order valence-electron chi connectivity index (χ4n) is 2.63. The van der Waals surface area contributed by atoms with Gasteiger partial charge in [0.15, 0.2) is 6.29 Å². The van der Waals surface area contributed by atoms with Crippen LogP contribution in [0.5, 0.6) is 0 Å². The van der Waals surface area contributed by atoms with Gasteiger partial charge in [-0.15, -0.1) is 0 Å². The molecule has 0 spiro atoms. The third kappa shape index (κ3) is 3.23. The van der Waals surface area contributed by atoms with Crippen molar-refractivity contribution in [3.63, 3.8) is 0 Å². The van der Waals surface area contributed by atoms with Crippen molar-refractivity contribution in [1.29, 1.82) is 0 Å². The quantitative estimate of drug-likeness (QED) is 0.238. The van der Waals surface area contributed by atoms with Gasteiger partial charge >= 0.3 is 0 Å². The molecular formula is C12H22O11. The van der Waals surface area contributed by atoms with E-state index < -0.39 is 74.6 Å². The Bertz CT molecular complexity index is 393. The SMILES string of the molecule is OCC1OC(O[C@]2(CO)O[C@H](CO)[C@H](O)C2O)C(O)C(O)C1O. The minimum absolute atomic E-state index is 0.669. The molecule has 136 valence electrons. The van der Waals surface area contributed by atoms with E-state index in [9.17, 15) is 30.6 Å². The van der Waals surface area contributed by atoms with Gasteiger partial charge in [-0.25, -0.2) is 0 Å². The Balaban J connectivity index is 2.18. The van der Waals surface area contributed by atoms with Gasteiger partial charge in [0.2, 0.25) is 5.79 Å². The smallest absolute Gasteiger partial charge is 0.224 e. The highest BCUT2D eigenvalue weighted by Crippen LogP contribution is 2.35. The van der Waals surface area contributed by atoms with E-state index in [2.05, 4.69) is 0 Å². The van der Waals surface area contributed by atoms with E-state index in [0.717, 1.165) is 0 Å². The van der Waals surface area contributed by atoms with Crippen molar-refractivity contribution < 1.29 is 55.1 Å². The largest absolute Gasteiger partial charge is 0.394 e. The molecular weight excluding hydrogens is 320 g/mol. The van der Waals surface area contributed by atoms with Crippen LogP contribution in [-0.4, -0.2) is 115 Å². The summed E-state index contributed by atoms with van der Waals surface area (Å²) in [5.74, 6) is -2.22. The first kappa shape index (κ1) is 18.9. The van der Waals surface area contributed by atoms with Crippen molar-refractivity contribution in [3.05, 3.63) is 0 Å². The fraction of sp³-hybridized carbons (Fsp3) is 1.00. The second-order valence-electron chi connectivity index (χ2n) is 5.56. The topological polar surface area (TPSA) is 190 Å². The number of hydrogen-bond acceptors (Lipinski definition) is 11. The zero-order chi connectivity index (χ0) is 17.4.